The lowest BCUT2D eigenvalue weighted by Crippen LogP contribution is -2.22. The molecule has 1 saturated heterocycles. The molecule has 0 aromatic heterocycles. The summed E-state index contributed by atoms with van der Waals surface area (Å²) in [4.78, 5) is 11.1. The van der Waals surface area contributed by atoms with E-state index >= 15 is 0 Å². The van der Waals surface area contributed by atoms with Gasteiger partial charge in [-0.05, 0) is 20.3 Å². The fraction of sp³-hybridized carbons (Fsp3) is 0.875. The molecule has 1 aliphatic heterocycles. The highest BCUT2D eigenvalue weighted by Crippen LogP contribution is 2.52. The minimum atomic E-state index is -3.23. The second-order valence-corrected chi connectivity index (χ2v) is 5.12. The van der Waals surface area contributed by atoms with Gasteiger partial charge in [0.1, 0.15) is 6.16 Å². The average molecular weight is 222 g/mol. The molecule has 0 aliphatic carbocycles. The maximum absolute atomic E-state index is 11.8. The van der Waals surface area contributed by atoms with Crippen LogP contribution in [-0.4, -0.2) is 31.4 Å². The summed E-state index contributed by atoms with van der Waals surface area (Å²) in [7, 11) is -3.23. The van der Waals surface area contributed by atoms with Crippen LogP contribution in [0.4, 0.5) is 0 Å². The van der Waals surface area contributed by atoms with Gasteiger partial charge in [-0.1, -0.05) is 0 Å². The van der Waals surface area contributed by atoms with Crippen LogP contribution in [0, 0.1) is 0 Å². The summed E-state index contributed by atoms with van der Waals surface area (Å²) in [6, 6.07) is 0. The van der Waals surface area contributed by atoms with Gasteiger partial charge in [0.15, 0.2) is 0 Å². The Hall–Kier alpha value is -0.380. The monoisotopic (exact) mass is 222 g/mol. The van der Waals surface area contributed by atoms with Crippen molar-refractivity contribution in [3.05, 3.63) is 0 Å². The zero-order valence-electron chi connectivity index (χ0n) is 8.39. The smallest absolute Gasteiger partial charge is 0.342 e. The topological polar surface area (TPSA) is 61.8 Å². The van der Waals surface area contributed by atoms with Crippen LogP contribution < -0.4 is 0 Å². The van der Waals surface area contributed by atoms with Crippen molar-refractivity contribution in [1.29, 1.82) is 0 Å². The van der Waals surface area contributed by atoms with Crippen LogP contribution in [0.5, 0.6) is 0 Å². The zero-order valence-corrected chi connectivity index (χ0v) is 9.29. The largest absolute Gasteiger partial charge is 0.466 e. The molecule has 2 unspecified atom stereocenters. The van der Waals surface area contributed by atoms with E-state index in [1.54, 1.807) is 13.8 Å². The first-order chi connectivity index (χ1) is 6.56. The summed E-state index contributed by atoms with van der Waals surface area (Å²) >= 11 is 0. The van der Waals surface area contributed by atoms with Gasteiger partial charge in [0.2, 0.25) is 0 Å². The second kappa shape index (κ2) is 4.91. The first-order valence-corrected chi connectivity index (χ1v) is 6.36. The molecule has 0 radical (unpaired) electrons. The van der Waals surface area contributed by atoms with Crippen LogP contribution in [0.3, 0.4) is 0 Å². The van der Waals surface area contributed by atoms with E-state index in [-0.39, 0.29) is 18.9 Å². The highest BCUT2D eigenvalue weighted by molar-refractivity contribution is 7.54. The van der Waals surface area contributed by atoms with Crippen molar-refractivity contribution in [3.8, 4) is 0 Å². The number of hydrogen-bond donors (Lipinski definition) is 0. The van der Waals surface area contributed by atoms with Crippen LogP contribution in [0.25, 0.3) is 0 Å². The summed E-state index contributed by atoms with van der Waals surface area (Å²) in [5.74, 6) is -0.537. The molecule has 0 aromatic carbocycles. The molecule has 5 nitrogen and oxygen atoms in total. The van der Waals surface area contributed by atoms with Gasteiger partial charge in [0, 0.05) is 0 Å². The predicted molar refractivity (Wildman–Crippen MR) is 50.2 cm³/mol. The van der Waals surface area contributed by atoms with Crippen LogP contribution in [0.2, 0.25) is 0 Å². The van der Waals surface area contributed by atoms with E-state index in [9.17, 15) is 9.36 Å². The van der Waals surface area contributed by atoms with E-state index in [1.165, 1.54) is 0 Å². The van der Waals surface area contributed by atoms with E-state index in [1.807, 2.05) is 0 Å². The predicted octanol–water partition coefficient (Wildman–Crippen LogP) is 1.57. The normalized spacial score (nSPS) is 32.6. The average Bonchev–Trinajstić information content (AvgIpc) is 2.02. The Morgan fingerprint density at radius 1 is 1.64 bits per heavy atom. The SMILES string of the molecule is CCOC(=O)CP1(=O)OCCC(C)O1. The Kier molecular flexibility index (Phi) is 4.11. The molecule has 1 rings (SSSR count). The number of rotatable bonds is 3. The first-order valence-electron chi connectivity index (χ1n) is 4.63. The van der Waals surface area contributed by atoms with Crippen LogP contribution in [0.1, 0.15) is 20.3 Å². The summed E-state index contributed by atoms with van der Waals surface area (Å²) in [5.41, 5.74) is 0. The van der Waals surface area contributed by atoms with Crippen molar-refractivity contribution in [2.75, 3.05) is 19.4 Å². The Labute approximate surface area is 83.3 Å². The standard InChI is InChI=1S/C8H15O5P/c1-3-11-8(9)6-14(10)12-5-4-7(2)13-14/h7H,3-6H2,1-2H3. The maximum Gasteiger partial charge on any atom is 0.342 e. The van der Waals surface area contributed by atoms with Crippen LogP contribution in [-0.2, 0) is 23.1 Å². The van der Waals surface area contributed by atoms with Crippen molar-refractivity contribution in [3.63, 3.8) is 0 Å². The molecule has 0 saturated carbocycles. The highest BCUT2D eigenvalue weighted by atomic mass is 31.2. The second-order valence-electron chi connectivity index (χ2n) is 3.11. The molecule has 14 heavy (non-hydrogen) atoms. The Morgan fingerprint density at radius 2 is 2.36 bits per heavy atom. The van der Waals surface area contributed by atoms with Gasteiger partial charge in [0.25, 0.3) is 0 Å². The number of ether oxygens (including phenoxy) is 1. The Bertz CT molecular complexity index is 252. The molecular weight excluding hydrogens is 207 g/mol. The van der Waals surface area contributed by atoms with Gasteiger partial charge >= 0.3 is 13.6 Å². The molecule has 1 heterocycles. The lowest BCUT2D eigenvalue weighted by Gasteiger charge is -2.26. The Morgan fingerprint density at radius 3 is 2.93 bits per heavy atom. The molecule has 0 N–H and O–H groups in total. The lowest BCUT2D eigenvalue weighted by molar-refractivity contribution is -0.140. The lowest BCUT2D eigenvalue weighted by atomic mass is 10.3. The van der Waals surface area contributed by atoms with Crippen molar-refractivity contribution in [1.82, 2.24) is 0 Å². The van der Waals surface area contributed by atoms with Gasteiger partial charge in [-0.3, -0.25) is 9.36 Å². The third kappa shape index (κ3) is 3.40. The summed E-state index contributed by atoms with van der Waals surface area (Å²) in [5, 5.41) is 0. The molecule has 0 spiro atoms. The van der Waals surface area contributed by atoms with E-state index in [4.69, 9.17) is 9.05 Å². The quantitative estimate of drug-likeness (QED) is 0.535. The number of carbonyl (C=O) groups is 1. The van der Waals surface area contributed by atoms with Gasteiger partial charge in [-0.15, -0.1) is 0 Å². The molecule has 1 fully saturated rings. The third-order valence-corrected chi connectivity index (χ3v) is 3.68. The fourth-order valence-corrected chi connectivity index (χ4v) is 2.83. The molecule has 1 aliphatic rings. The summed E-state index contributed by atoms with van der Waals surface area (Å²) in [6.45, 7) is 4.14. The van der Waals surface area contributed by atoms with Gasteiger partial charge in [0.05, 0.1) is 19.3 Å². The third-order valence-electron chi connectivity index (χ3n) is 1.78. The van der Waals surface area contributed by atoms with E-state index in [0.29, 0.717) is 13.0 Å². The van der Waals surface area contributed by atoms with Crippen LogP contribution in [0.15, 0.2) is 0 Å². The molecule has 0 bridgehead atoms. The Balaban J connectivity index is 2.48. The van der Waals surface area contributed by atoms with Crippen LogP contribution >= 0.6 is 7.60 Å². The van der Waals surface area contributed by atoms with Crippen molar-refractivity contribution >= 4 is 13.6 Å². The van der Waals surface area contributed by atoms with Gasteiger partial charge in [-0.25, -0.2) is 0 Å². The van der Waals surface area contributed by atoms with Gasteiger partial charge in [-0.2, -0.15) is 0 Å². The molecule has 82 valence electrons. The number of hydrogen-bond acceptors (Lipinski definition) is 5. The zero-order chi connectivity index (χ0) is 10.6. The van der Waals surface area contributed by atoms with E-state index in [2.05, 4.69) is 4.74 Å². The molecular formula is C8H15O5P. The highest BCUT2D eigenvalue weighted by Gasteiger charge is 2.34. The van der Waals surface area contributed by atoms with Crippen molar-refractivity contribution < 1.29 is 23.1 Å². The van der Waals surface area contributed by atoms with Crippen molar-refractivity contribution in [2.45, 2.75) is 26.4 Å². The van der Waals surface area contributed by atoms with E-state index < -0.39 is 13.6 Å². The number of esters is 1. The molecule has 0 aromatic rings. The first kappa shape index (κ1) is 11.7. The fourth-order valence-electron chi connectivity index (χ4n) is 1.16. The van der Waals surface area contributed by atoms with Gasteiger partial charge < -0.3 is 13.8 Å². The maximum atomic E-state index is 11.8. The summed E-state index contributed by atoms with van der Waals surface area (Å²) < 4.78 is 26.6. The number of carbonyl (C=O) groups excluding carboxylic acids is 1. The van der Waals surface area contributed by atoms with E-state index in [0.717, 1.165) is 0 Å². The minimum Gasteiger partial charge on any atom is -0.466 e. The molecule has 6 heteroatoms. The molecule has 2 atom stereocenters. The minimum absolute atomic E-state index is 0.121. The van der Waals surface area contributed by atoms with Crippen molar-refractivity contribution in [2.24, 2.45) is 0 Å². The summed E-state index contributed by atoms with van der Waals surface area (Å²) in [6.07, 6.45) is 0.293. The molecule has 0 amide bonds.